The van der Waals surface area contributed by atoms with Gasteiger partial charge in [-0.3, -0.25) is 77.4 Å². The van der Waals surface area contributed by atoms with Crippen molar-refractivity contribution >= 4 is 100 Å². The first-order chi connectivity index (χ1) is 57.1. The number of hydrazine groups is 2. The molecule has 0 bridgehead atoms. The largest absolute Gasteiger partial charge is 0.494 e. The van der Waals surface area contributed by atoms with Gasteiger partial charge in [0.25, 0.3) is 11.8 Å². The molecule has 38 nitrogen and oxygen atoms in total. The SMILES string of the molecule is CCc1cc(OCCCCN=[N+]=[N-])ccc1-c1ccc(C[C@H](NC(=O)[C@H](CC(=O)O)NC(=O)[C@H](CO)NC(=O)[C@@H](NC(=O)[C@](C)(Cc2ccccc2F)NC(=O)[C@@H](NC(=O)CNC(=O)[C@H](CC2=NNNN2)NC(=O)CSCC(=O)NCCN2C(=O)c3ccc(C)cc3C2=O)[C@@H](C)O)[C@@H](C)O)C(=O)N[C@@H](CCCc2cc(C)cc(C)c2)C(N)=O)cc1. The number of aryl methyl sites for hydroxylation is 5. The lowest BCUT2D eigenvalue weighted by molar-refractivity contribution is -0.142. The van der Waals surface area contributed by atoms with E-state index in [-0.39, 0.29) is 66.4 Å². The van der Waals surface area contributed by atoms with E-state index >= 15 is 4.39 Å². The predicted molar refractivity (Wildman–Crippen MR) is 436 cm³/mol. The first-order valence-corrected chi connectivity index (χ1v) is 39.8. The second-order valence-corrected chi connectivity index (χ2v) is 30.1. The molecule has 0 radical (unpaired) electrons. The number of aliphatic hydroxyl groups is 3. The number of benzene rings is 5. The minimum atomic E-state index is -2.41. The van der Waals surface area contributed by atoms with Gasteiger partial charge in [0.1, 0.15) is 65.2 Å². The topological polar surface area (TPSA) is 576 Å². The molecule has 0 spiro atoms. The van der Waals surface area contributed by atoms with E-state index in [0.717, 1.165) is 82.4 Å². The van der Waals surface area contributed by atoms with Gasteiger partial charge in [0, 0.05) is 43.8 Å². The van der Waals surface area contributed by atoms with Crippen LogP contribution in [0, 0.1) is 26.6 Å². The molecule has 5 aromatic carbocycles. The normalized spacial score (nSPS) is 14.8. The number of nitrogens with two attached hydrogens (primary N) is 1. The number of ether oxygens (including phenoxy) is 1. The predicted octanol–water partition coefficient (Wildman–Crippen LogP) is -0.182. The summed E-state index contributed by atoms with van der Waals surface area (Å²) in [7, 11) is 0. The first-order valence-electron chi connectivity index (χ1n) is 38.6. The second kappa shape index (κ2) is 45.9. The number of azide groups is 1. The van der Waals surface area contributed by atoms with Gasteiger partial charge in [0.2, 0.25) is 65.0 Å². The summed E-state index contributed by atoms with van der Waals surface area (Å²) in [5, 5.41) is 74.0. The molecule has 2 aliphatic rings. The van der Waals surface area contributed by atoms with Crippen molar-refractivity contribution in [2.75, 3.05) is 50.9 Å². The Labute approximate surface area is 694 Å². The molecule has 0 unspecified atom stereocenters. The zero-order valence-electron chi connectivity index (χ0n) is 67.3. The number of aliphatic hydroxyl groups excluding tert-OH is 3. The van der Waals surface area contributed by atoms with Gasteiger partial charge in [-0.1, -0.05) is 102 Å². The zero-order valence-corrected chi connectivity index (χ0v) is 68.1. The molecule has 0 saturated carbocycles. The van der Waals surface area contributed by atoms with Crippen LogP contribution in [0.2, 0.25) is 0 Å². The number of rotatable bonds is 48. The smallest absolute Gasteiger partial charge is 0.305 e. The summed E-state index contributed by atoms with van der Waals surface area (Å²) in [6.07, 6.45) is -3.35. The molecule has 120 heavy (non-hydrogen) atoms. The lowest BCUT2D eigenvalue weighted by atomic mass is 9.90. The van der Waals surface area contributed by atoms with Crippen LogP contribution in [0.1, 0.15) is 126 Å². The van der Waals surface area contributed by atoms with Crippen LogP contribution in [0.4, 0.5) is 4.39 Å². The van der Waals surface area contributed by atoms with Crippen molar-refractivity contribution in [3.8, 4) is 16.9 Å². The van der Waals surface area contributed by atoms with Gasteiger partial charge in [-0.15, -0.1) is 22.4 Å². The number of thioether (sulfide) groups is 1. The van der Waals surface area contributed by atoms with Crippen molar-refractivity contribution in [1.29, 1.82) is 0 Å². The highest BCUT2D eigenvalue weighted by molar-refractivity contribution is 8.00. The molecular weight excluding hydrogens is 1580 g/mol. The Morgan fingerprint density at radius 3 is 1.94 bits per heavy atom. The number of amides is 13. The summed E-state index contributed by atoms with van der Waals surface area (Å²) in [4.78, 5) is 195. The van der Waals surface area contributed by atoms with Crippen molar-refractivity contribution in [2.24, 2.45) is 15.9 Å². The Balaban J connectivity index is 1.00. The van der Waals surface area contributed by atoms with Crippen LogP contribution in [-0.4, -0.2) is 225 Å². The van der Waals surface area contributed by atoms with Crippen LogP contribution < -0.4 is 80.1 Å². The number of amidine groups is 1. The molecule has 7 rings (SSSR count). The highest BCUT2D eigenvalue weighted by Crippen LogP contribution is 2.30. The van der Waals surface area contributed by atoms with Crippen molar-refractivity contribution in [2.45, 2.75) is 173 Å². The summed E-state index contributed by atoms with van der Waals surface area (Å²) in [6, 6.07) is 15.7. The molecule has 10 atom stereocenters. The fourth-order valence-electron chi connectivity index (χ4n) is 13.0. The maximum Gasteiger partial charge on any atom is 0.305 e. The third-order valence-electron chi connectivity index (χ3n) is 19.2. The maximum absolute atomic E-state index is 15.6. The monoisotopic (exact) mass is 1680 g/mol. The first kappa shape index (κ1) is 94.5. The highest BCUT2D eigenvalue weighted by atomic mass is 32.2. The van der Waals surface area contributed by atoms with Crippen LogP contribution in [0.3, 0.4) is 0 Å². The average Bonchev–Trinajstić information content (AvgIpc) is 1.64. The molecule has 40 heteroatoms. The number of halogens is 1. The number of carbonyl (C=O) groups excluding carboxylic acids is 13. The molecule has 644 valence electrons. The molecular formula is C80H102FN19O19S. The number of hydrogen-bond donors (Lipinski definition) is 18. The number of hydrogen-bond acceptors (Lipinski definition) is 24. The Hall–Kier alpha value is -12.6. The zero-order chi connectivity index (χ0) is 87.9. The number of hydrazone groups is 1. The number of nitrogens with one attached hydrogen (secondary N) is 13. The molecule has 0 aromatic heterocycles. The standard InChI is InChI=1S/C80H102FN19O19S/c1-8-50-35-53(119-29-12-11-26-86-97-83)23-25-54(50)51-21-19-48(20-22-51)34-59(72(111)88-58(70(82)109)17-13-14-49-31-44(3)30-45(4)32-49)89-73(112)61(37-67(107)108)90-74(113)62(40-101)91-75(114)68(46(5)102)93-79(118)80(7,38-52-15-9-10-16-57(52)81)94-76(115)69(47(6)103)92-64(104)39-85-71(110)60(36-63-95-98-99-96-63)87-66(106)42-120-41-65(105)84-27-28-100-77(116)55-24-18-43(2)33-56(55)78(100)117/h9-10,15-16,18-25,30-33,35,46-47,58-62,68-69,98-99,101-103H,8,11-14,17,26-29,34,36-42H2,1-7H3,(H2,82,109)(H,84,105)(H,85,110)(H,87,106)(H,88,111)(H,89,112)(H,90,113)(H,91,114)(H,92,104)(H,93,118)(H,94,115)(H,95,96)(H,107,108)/t46-,47-,58+,59+,60+,61+,62+,68+,69+,80+/m1/s1. The number of carboxylic acids is 1. The van der Waals surface area contributed by atoms with E-state index in [4.69, 9.17) is 16.0 Å². The van der Waals surface area contributed by atoms with Crippen molar-refractivity contribution in [3.05, 3.63) is 169 Å². The number of fused-ring (bicyclic) bond motifs is 1. The van der Waals surface area contributed by atoms with E-state index in [1.165, 1.54) is 18.2 Å². The minimum Gasteiger partial charge on any atom is -0.494 e. The van der Waals surface area contributed by atoms with E-state index in [9.17, 15) is 87.5 Å². The molecule has 0 fully saturated rings. The van der Waals surface area contributed by atoms with E-state index < -0.39 is 175 Å². The molecule has 0 aliphatic carbocycles. The number of unbranched alkanes of at least 4 members (excludes halogenated alkanes) is 1. The van der Waals surface area contributed by atoms with Crippen molar-refractivity contribution < 1.29 is 96.7 Å². The molecule has 5 aromatic rings. The lowest BCUT2D eigenvalue weighted by Gasteiger charge is -2.34. The van der Waals surface area contributed by atoms with Gasteiger partial charge in [-0.05, 0) is 149 Å². The number of imide groups is 1. The van der Waals surface area contributed by atoms with Crippen LogP contribution in [0.25, 0.3) is 21.6 Å². The fraction of sp³-hybridized carbons (Fsp3) is 0.438. The van der Waals surface area contributed by atoms with Gasteiger partial charge in [-0.25, -0.2) is 9.93 Å². The average molecular weight is 1680 g/mol. The summed E-state index contributed by atoms with van der Waals surface area (Å²) in [5.74, 6) is -15.4. The Bertz CT molecular complexity index is 4640. The lowest BCUT2D eigenvalue weighted by Crippen LogP contribution is -2.67. The second-order valence-electron chi connectivity index (χ2n) is 29.1. The molecule has 2 aliphatic heterocycles. The maximum atomic E-state index is 15.6. The number of carbonyl (C=O) groups is 14. The number of aliphatic carboxylic acids is 1. The van der Waals surface area contributed by atoms with E-state index in [1.807, 2.05) is 57.2 Å². The van der Waals surface area contributed by atoms with Crippen LogP contribution in [0.5, 0.6) is 5.75 Å². The van der Waals surface area contributed by atoms with E-state index in [1.54, 1.807) is 49.4 Å². The highest BCUT2D eigenvalue weighted by Gasteiger charge is 2.43. The summed E-state index contributed by atoms with van der Waals surface area (Å²) in [5.41, 5.74) is 26.6. The van der Waals surface area contributed by atoms with Gasteiger partial charge >= 0.3 is 5.97 Å². The molecule has 19 N–H and O–H groups in total. The van der Waals surface area contributed by atoms with Crippen LogP contribution >= 0.6 is 11.8 Å². The summed E-state index contributed by atoms with van der Waals surface area (Å²) < 4.78 is 21.5. The van der Waals surface area contributed by atoms with Gasteiger partial charge in [-0.2, -0.15) is 0 Å². The van der Waals surface area contributed by atoms with Crippen molar-refractivity contribution in [3.63, 3.8) is 0 Å². The molecule has 13 amide bonds. The van der Waals surface area contributed by atoms with Crippen molar-refractivity contribution in [1.82, 2.24) is 74.6 Å². The van der Waals surface area contributed by atoms with E-state index in [0.29, 0.717) is 56.6 Å². The summed E-state index contributed by atoms with van der Waals surface area (Å²) >= 11 is 0.857. The third-order valence-corrected chi connectivity index (χ3v) is 20.2. The number of carboxylic acid groups (broad SMARTS) is 1. The number of primary amides is 1. The summed E-state index contributed by atoms with van der Waals surface area (Å²) in [6.45, 7) is 9.08. The minimum absolute atomic E-state index is 0.0622. The van der Waals surface area contributed by atoms with Crippen LogP contribution in [-0.2, 0) is 83.2 Å². The number of nitrogens with zero attached hydrogens (tertiary/aromatic N) is 5. The quantitative estimate of drug-likeness (QED) is 0.00789. The van der Waals surface area contributed by atoms with Gasteiger partial charge < -0.3 is 84.1 Å². The Kier molecular flexibility index (Phi) is 36.2. The third kappa shape index (κ3) is 28.6. The van der Waals surface area contributed by atoms with Gasteiger partial charge in [0.15, 0.2) is 0 Å². The van der Waals surface area contributed by atoms with E-state index in [2.05, 4.69) is 84.8 Å². The van der Waals surface area contributed by atoms with Gasteiger partial charge in [0.05, 0.1) is 61.0 Å². The van der Waals surface area contributed by atoms with Crippen LogP contribution in [0.15, 0.2) is 113 Å². The Morgan fingerprint density at radius 1 is 0.658 bits per heavy atom. The fourth-order valence-corrected chi connectivity index (χ4v) is 13.7. The molecule has 0 saturated heterocycles. The Morgan fingerprint density at radius 2 is 1.29 bits per heavy atom. The molecule has 2 heterocycles.